The lowest BCUT2D eigenvalue weighted by Crippen LogP contribution is -1.93. The van der Waals surface area contributed by atoms with Gasteiger partial charge < -0.3 is 5.11 Å². The summed E-state index contributed by atoms with van der Waals surface area (Å²) in [6, 6.07) is 14.3. The molecule has 0 spiro atoms. The van der Waals surface area contributed by atoms with Crippen LogP contribution in [0.5, 0.6) is 5.75 Å². The number of hydrogen-bond acceptors (Lipinski definition) is 2. The Kier molecular flexibility index (Phi) is 3.58. The molecule has 0 atom stereocenters. The Morgan fingerprint density at radius 1 is 1.11 bits per heavy atom. The summed E-state index contributed by atoms with van der Waals surface area (Å²) < 4.78 is 0. The highest BCUT2D eigenvalue weighted by atomic mass is 16.3. The average molecular weight is 238 g/mol. The van der Waals surface area contributed by atoms with Gasteiger partial charge in [-0.2, -0.15) is 0 Å². The van der Waals surface area contributed by atoms with Crippen LogP contribution in [0, 0.1) is 6.92 Å². The SMILES string of the molecule is Cc1cccc(/C=C/C(=O)c2cccc(O)c2)c1. The average Bonchev–Trinajstić information content (AvgIpc) is 2.36. The van der Waals surface area contributed by atoms with Gasteiger partial charge in [-0.3, -0.25) is 4.79 Å². The number of ketones is 1. The van der Waals surface area contributed by atoms with Gasteiger partial charge in [-0.25, -0.2) is 0 Å². The number of rotatable bonds is 3. The minimum absolute atomic E-state index is 0.102. The first kappa shape index (κ1) is 12.1. The third kappa shape index (κ3) is 3.08. The molecule has 2 heteroatoms. The quantitative estimate of drug-likeness (QED) is 0.655. The molecule has 2 nitrogen and oxygen atoms in total. The van der Waals surface area contributed by atoms with Crippen LogP contribution in [0.15, 0.2) is 54.6 Å². The molecule has 2 aromatic carbocycles. The van der Waals surface area contributed by atoms with Crippen LogP contribution in [-0.2, 0) is 0 Å². The van der Waals surface area contributed by atoms with Gasteiger partial charge in [0.15, 0.2) is 5.78 Å². The Balaban J connectivity index is 2.17. The predicted octanol–water partition coefficient (Wildman–Crippen LogP) is 3.60. The summed E-state index contributed by atoms with van der Waals surface area (Å²) in [5.74, 6) is -0.0165. The van der Waals surface area contributed by atoms with Crippen molar-refractivity contribution in [3.8, 4) is 5.75 Å². The number of hydrogen-bond donors (Lipinski definition) is 1. The van der Waals surface area contributed by atoms with Gasteiger partial charge in [0.25, 0.3) is 0 Å². The van der Waals surface area contributed by atoms with Crippen molar-refractivity contribution in [1.29, 1.82) is 0 Å². The molecule has 2 aromatic rings. The van der Waals surface area contributed by atoms with E-state index in [2.05, 4.69) is 0 Å². The Labute approximate surface area is 106 Å². The van der Waals surface area contributed by atoms with Crippen molar-refractivity contribution in [2.75, 3.05) is 0 Å². The van der Waals surface area contributed by atoms with Gasteiger partial charge >= 0.3 is 0 Å². The molecule has 0 aliphatic rings. The highest BCUT2D eigenvalue weighted by Gasteiger charge is 2.01. The summed E-state index contributed by atoms with van der Waals surface area (Å²) in [6.07, 6.45) is 3.29. The number of carbonyl (C=O) groups is 1. The molecule has 1 N–H and O–H groups in total. The number of carbonyl (C=O) groups excluding carboxylic acids is 1. The zero-order valence-corrected chi connectivity index (χ0v) is 10.1. The third-order valence-electron chi connectivity index (χ3n) is 2.60. The smallest absolute Gasteiger partial charge is 0.185 e. The normalized spacial score (nSPS) is 10.7. The molecule has 0 heterocycles. The number of phenolic OH excluding ortho intramolecular Hbond substituents is 1. The molecule has 0 radical (unpaired) electrons. The second kappa shape index (κ2) is 5.32. The lowest BCUT2D eigenvalue weighted by molar-refractivity contribution is 0.104. The highest BCUT2D eigenvalue weighted by Crippen LogP contribution is 2.13. The maximum absolute atomic E-state index is 11.9. The molecule has 0 aliphatic carbocycles. The summed E-state index contributed by atoms with van der Waals surface area (Å²) in [5.41, 5.74) is 2.63. The van der Waals surface area contributed by atoms with Crippen molar-refractivity contribution >= 4 is 11.9 Å². The van der Waals surface area contributed by atoms with Crippen LogP contribution in [0.1, 0.15) is 21.5 Å². The summed E-state index contributed by atoms with van der Waals surface area (Å²) in [4.78, 5) is 11.9. The Morgan fingerprint density at radius 2 is 1.89 bits per heavy atom. The van der Waals surface area contributed by atoms with Crippen LogP contribution in [0.3, 0.4) is 0 Å². The maximum atomic E-state index is 11.9. The predicted molar refractivity (Wildman–Crippen MR) is 72.7 cm³/mol. The van der Waals surface area contributed by atoms with Crippen molar-refractivity contribution in [2.45, 2.75) is 6.92 Å². The molecule has 90 valence electrons. The maximum Gasteiger partial charge on any atom is 0.185 e. The fourth-order valence-electron chi connectivity index (χ4n) is 1.70. The number of phenols is 1. The fraction of sp³-hybridized carbons (Fsp3) is 0.0625. The Hall–Kier alpha value is -2.35. The molecule has 0 amide bonds. The minimum Gasteiger partial charge on any atom is -0.508 e. The number of allylic oxidation sites excluding steroid dienone is 1. The topological polar surface area (TPSA) is 37.3 Å². The molecule has 0 saturated heterocycles. The summed E-state index contributed by atoms with van der Waals surface area (Å²) in [6.45, 7) is 2.01. The molecule has 0 aromatic heterocycles. The van der Waals surface area contributed by atoms with Gasteiger partial charge in [-0.05, 0) is 30.7 Å². The molecule has 0 unspecified atom stereocenters. The van der Waals surface area contributed by atoms with E-state index in [1.165, 1.54) is 12.1 Å². The Bertz CT molecular complexity index is 598. The standard InChI is InChI=1S/C16H14O2/c1-12-4-2-5-13(10-12)8-9-16(18)14-6-3-7-15(17)11-14/h2-11,17H,1H3/b9-8+. The highest BCUT2D eigenvalue weighted by molar-refractivity contribution is 6.07. The first-order valence-corrected chi connectivity index (χ1v) is 5.73. The van der Waals surface area contributed by atoms with E-state index in [0.717, 1.165) is 11.1 Å². The number of benzene rings is 2. The minimum atomic E-state index is -0.118. The molecule has 18 heavy (non-hydrogen) atoms. The lowest BCUT2D eigenvalue weighted by Gasteiger charge is -1.98. The van der Waals surface area contributed by atoms with Crippen LogP contribution in [-0.4, -0.2) is 10.9 Å². The largest absolute Gasteiger partial charge is 0.508 e. The van der Waals surface area contributed by atoms with Gasteiger partial charge in [-0.1, -0.05) is 48.0 Å². The summed E-state index contributed by atoms with van der Waals surface area (Å²) in [5, 5.41) is 9.31. The second-order valence-corrected chi connectivity index (χ2v) is 4.16. The Morgan fingerprint density at radius 3 is 2.61 bits per heavy atom. The number of aryl methyl sites for hydroxylation is 1. The van der Waals surface area contributed by atoms with Crippen LogP contribution in [0.4, 0.5) is 0 Å². The van der Waals surface area contributed by atoms with Crippen LogP contribution in [0.25, 0.3) is 6.08 Å². The molecular formula is C16H14O2. The van der Waals surface area contributed by atoms with E-state index in [9.17, 15) is 9.90 Å². The fourth-order valence-corrected chi connectivity index (χ4v) is 1.70. The van der Waals surface area contributed by atoms with Crippen LogP contribution >= 0.6 is 0 Å². The summed E-state index contributed by atoms with van der Waals surface area (Å²) in [7, 11) is 0. The molecule has 2 rings (SSSR count). The monoisotopic (exact) mass is 238 g/mol. The van der Waals surface area contributed by atoms with E-state index in [1.807, 2.05) is 31.2 Å². The molecule has 0 aliphatic heterocycles. The van der Waals surface area contributed by atoms with Crippen molar-refractivity contribution in [2.24, 2.45) is 0 Å². The second-order valence-electron chi connectivity index (χ2n) is 4.16. The van der Waals surface area contributed by atoms with Crippen molar-refractivity contribution < 1.29 is 9.90 Å². The first-order chi connectivity index (χ1) is 8.65. The number of aromatic hydroxyl groups is 1. The van der Waals surface area contributed by atoms with Gasteiger partial charge in [0.05, 0.1) is 0 Å². The van der Waals surface area contributed by atoms with E-state index >= 15 is 0 Å². The molecule has 0 saturated carbocycles. The van der Waals surface area contributed by atoms with E-state index in [1.54, 1.807) is 24.3 Å². The van der Waals surface area contributed by atoms with Gasteiger partial charge in [0.2, 0.25) is 0 Å². The molecule has 0 bridgehead atoms. The zero-order valence-electron chi connectivity index (χ0n) is 10.1. The van der Waals surface area contributed by atoms with Crippen LogP contribution < -0.4 is 0 Å². The van der Waals surface area contributed by atoms with E-state index in [4.69, 9.17) is 0 Å². The third-order valence-corrected chi connectivity index (χ3v) is 2.60. The van der Waals surface area contributed by atoms with Crippen LogP contribution in [0.2, 0.25) is 0 Å². The lowest BCUT2D eigenvalue weighted by atomic mass is 10.1. The van der Waals surface area contributed by atoms with Crippen molar-refractivity contribution in [3.63, 3.8) is 0 Å². The van der Waals surface area contributed by atoms with Crippen molar-refractivity contribution in [1.82, 2.24) is 0 Å². The van der Waals surface area contributed by atoms with Gasteiger partial charge in [0.1, 0.15) is 5.75 Å². The molecular weight excluding hydrogens is 224 g/mol. The van der Waals surface area contributed by atoms with Gasteiger partial charge in [0, 0.05) is 5.56 Å². The van der Waals surface area contributed by atoms with Gasteiger partial charge in [-0.15, -0.1) is 0 Å². The van der Waals surface area contributed by atoms with E-state index in [-0.39, 0.29) is 11.5 Å². The first-order valence-electron chi connectivity index (χ1n) is 5.73. The van der Waals surface area contributed by atoms with E-state index in [0.29, 0.717) is 5.56 Å². The van der Waals surface area contributed by atoms with Crippen molar-refractivity contribution in [3.05, 3.63) is 71.3 Å². The molecule has 0 fully saturated rings. The van der Waals surface area contributed by atoms with E-state index < -0.39 is 0 Å². The zero-order chi connectivity index (χ0) is 13.0. The summed E-state index contributed by atoms with van der Waals surface area (Å²) >= 11 is 0.